The van der Waals surface area contributed by atoms with Crippen molar-refractivity contribution >= 4 is 17.7 Å². The van der Waals surface area contributed by atoms with Gasteiger partial charge in [0.25, 0.3) is 0 Å². The quantitative estimate of drug-likeness (QED) is 0.656. The van der Waals surface area contributed by atoms with Crippen molar-refractivity contribution in [2.24, 2.45) is 0 Å². The lowest BCUT2D eigenvalue weighted by Gasteiger charge is -2.09. The van der Waals surface area contributed by atoms with Crippen LogP contribution < -0.4 is 5.32 Å². The molecule has 0 bridgehead atoms. The van der Waals surface area contributed by atoms with Crippen LogP contribution in [-0.2, 0) is 4.79 Å². The molecule has 1 aliphatic heterocycles. The van der Waals surface area contributed by atoms with Crippen molar-refractivity contribution in [3.63, 3.8) is 0 Å². The molecule has 0 spiro atoms. The lowest BCUT2D eigenvalue weighted by molar-refractivity contribution is -0.121. The second kappa shape index (κ2) is 7.12. The molecule has 0 saturated carbocycles. The van der Waals surface area contributed by atoms with Crippen LogP contribution in [0.25, 0.3) is 0 Å². The van der Waals surface area contributed by atoms with Gasteiger partial charge in [-0.3, -0.25) is 4.79 Å². The highest BCUT2D eigenvalue weighted by Gasteiger charge is 2.15. The lowest BCUT2D eigenvalue weighted by Crippen LogP contribution is -2.29. The minimum Gasteiger partial charge on any atom is -0.396 e. The van der Waals surface area contributed by atoms with Gasteiger partial charge in [0.05, 0.1) is 0 Å². The molecule has 0 aromatic rings. The fourth-order valence-corrected chi connectivity index (χ4v) is 2.72. The molecule has 3 nitrogen and oxygen atoms in total. The first-order valence-electron chi connectivity index (χ1n) is 5.32. The summed E-state index contributed by atoms with van der Waals surface area (Å²) in [5.74, 6) is 1.37. The van der Waals surface area contributed by atoms with Crippen molar-refractivity contribution in [2.45, 2.75) is 37.4 Å². The molecule has 1 rings (SSSR count). The molecule has 82 valence electrons. The summed E-state index contributed by atoms with van der Waals surface area (Å²) in [5, 5.41) is 12.1. The van der Waals surface area contributed by atoms with E-state index in [0.29, 0.717) is 11.7 Å². The smallest absolute Gasteiger partial charge is 0.220 e. The third-order valence-electron chi connectivity index (χ3n) is 2.36. The minimum absolute atomic E-state index is 0.131. The Bertz CT molecular complexity index is 170. The number of thioether (sulfide) groups is 1. The van der Waals surface area contributed by atoms with E-state index < -0.39 is 0 Å². The first-order valence-corrected chi connectivity index (χ1v) is 6.37. The third kappa shape index (κ3) is 4.86. The zero-order valence-corrected chi connectivity index (χ0v) is 9.31. The van der Waals surface area contributed by atoms with Crippen LogP contribution in [0.2, 0.25) is 0 Å². The zero-order valence-electron chi connectivity index (χ0n) is 8.50. The summed E-state index contributed by atoms with van der Waals surface area (Å²) in [6.45, 7) is 1.01. The Morgan fingerprint density at radius 1 is 1.50 bits per heavy atom. The maximum atomic E-state index is 11.3. The van der Waals surface area contributed by atoms with E-state index in [0.717, 1.165) is 19.4 Å². The summed E-state index contributed by atoms with van der Waals surface area (Å²) in [6, 6.07) is 0. The van der Waals surface area contributed by atoms with Gasteiger partial charge in [-0.05, 0) is 31.4 Å². The molecule has 0 aliphatic carbocycles. The van der Waals surface area contributed by atoms with Crippen molar-refractivity contribution in [1.29, 1.82) is 0 Å². The van der Waals surface area contributed by atoms with Gasteiger partial charge >= 0.3 is 0 Å². The number of carbonyl (C=O) groups excluding carboxylic acids is 1. The predicted octanol–water partition coefficient (Wildman–Crippen LogP) is 1.16. The second-order valence-electron chi connectivity index (χ2n) is 3.62. The van der Waals surface area contributed by atoms with Gasteiger partial charge in [-0.25, -0.2) is 0 Å². The molecule has 1 unspecified atom stereocenters. The predicted molar refractivity (Wildman–Crippen MR) is 59.4 cm³/mol. The van der Waals surface area contributed by atoms with Crippen LogP contribution in [0.1, 0.15) is 32.1 Å². The van der Waals surface area contributed by atoms with Crippen molar-refractivity contribution in [3.05, 3.63) is 0 Å². The highest BCUT2D eigenvalue weighted by Crippen LogP contribution is 2.25. The van der Waals surface area contributed by atoms with Gasteiger partial charge in [-0.2, -0.15) is 11.8 Å². The standard InChI is InChI=1S/C10H19NO2S/c12-6-2-1-5-10(13)11-8-9-4-3-7-14-9/h9,12H,1-8H2,(H,11,13). The topological polar surface area (TPSA) is 49.3 Å². The van der Waals surface area contributed by atoms with Crippen LogP contribution in [0.3, 0.4) is 0 Å². The van der Waals surface area contributed by atoms with Gasteiger partial charge < -0.3 is 10.4 Å². The summed E-state index contributed by atoms with van der Waals surface area (Å²) in [7, 11) is 0. The number of carbonyl (C=O) groups is 1. The number of rotatable bonds is 6. The molecule has 1 amide bonds. The van der Waals surface area contributed by atoms with Crippen LogP contribution in [0.4, 0.5) is 0 Å². The van der Waals surface area contributed by atoms with E-state index in [1.807, 2.05) is 11.8 Å². The summed E-state index contributed by atoms with van der Waals surface area (Å²) in [4.78, 5) is 11.3. The molecule has 14 heavy (non-hydrogen) atoms. The molecule has 1 atom stereocenters. The number of nitrogens with one attached hydrogen (secondary N) is 1. The SMILES string of the molecule is O=C(CCCCO)NCC1CCCS1. The van der Waals surface area contributed by atoms with Crippen molar-refractivity contribution in [1.82, 2.24) is 5.32 Å². The van der Waals surface area contributed by atoms with E-state index in [9.17, 15) is 4.79 Å². The van der Waals surface area contributed by atoms with Crippen molar-refractivity contribution < 1.29 is 9.90 Å². The number of amides is 1. The van der Waals surface area contributed by atoms with Gasteiger partial charge in [0.2, 0.25) is 5.91 Å². The minimum atomic E-state index is 0.131. The van der Waals surface area contributed by atoms with Crippen LogP contribution in [0.15, 0.2) is 0 Å². The highest BCUT2D eigenvalue weighted by molar-refractivity contribution is 8.00. The Balaban J connectivity index is 1.96. The van der Waals surface area contributed by atoms with Crippen LogP contribution in [-0.4, -0.2) is 35.2 Å². The lowest BCUT2D eigenvalue weighted by atomic mass is 10.2. The van der Waals surface area contributed by atoms with Gasteiger partial charge in [0, 0.05) is 24.8 Å². The largest absolute Gasteiger partial charge is 0.396 e. The van der Waals surface area contributed by atoms with Crippen LogP contribution in [0.5, 0.6) is 0 Å². The Morgan fingerprint density at radius 3 is 3.00 bits per heavy atom. The first kappa shape index (κ1) is 11.9. The highest BCUT2D eigenvalue weighted by atomic mass is 32.2. The number of aliphatic hydroxyl groups is 1. The van der Waals surface area contributed by atoms with Crippen molar-refractivity contribution in [3.8, 4) is 0 Å². The first-order chi connectivity index (χ1) is 6.83. The Labute approximate surface area is 89.6 Å². The molecule has 0 aromatic carbocycles. The normalized spacial score (nSPS) is 21.1. The molecule has 2 N–H and O–H groups in total. The van der Waals surface area contributed by atoms with E-state index in [4.69, 9.17) is 5.11 Å². The van der Waals surface area contributed by atoms with Crippen LogP contribution >= 0.6 is 11.8 Å². The average molecular weight is 217 g/mol. The maximum Gasteiger partial charge on any atom is 0.220 e. The third-order valence-corrected chi connectivity index (χ3v) is 3.76. The number of unbranched alkanes of at least 4 members (excludes halogenated alkanes) is 1. The molecule has 0 radical (unpaired) electrons. The van der Waals surface area contributed by atoms with Gasteiger partial charge in [0.15, 0.2) is 0 Å². The number of aliphatic hydroxyl groups excluding tert-OH is 1. The van der Waals surface area contributed by atoms with Gasteiger partial charge in [-0.15, -0.1) is 0 Å². The van der Waals surface area contributed by atoms with Gasteiger partial charge in [0.1, 0.15) is 0 Å². The van der Waals surface area contributed by atoms with Gasteiger partial charge in [-0.1, -0.05) is 0 Å². The Kier molecular flexibility index (Phi) is 6.03. The molecule has 1 aliphatic rings. The molecular formula is C10H19NO2S. The maximum absolute atomic E-state index is 11.3. The second-order valence-corrected chi connectivity index (χ2v) is 5.03. The van der Waals surface area contributed by atoms with Crippen LogP contribution in [0, 0.1) is 0 Å². The zero-order chi connectivity index (χ0) is 10.2. The molecule has 1 fully saturated rings. The summed E-state index contributed by atoms with van der Waals surface area (Å²) in [6.07, 6.45) is 4.60. The monoisotopic (exact) mass is 217 g/mol. The fraction of sp³-hybridized carbons (Fsp3) is 0.900. The Morgan fingerprint density at radius 2 is 2.36 bits per heavy atom. The van der Waals surface area contributed by atoms with E-state index in [2.05, 4.69) is 5.32 Å². The van der Waals surface area contributed by atoms with E-state index >= 15 is 0 Å². The molecular weight excluding hydrogens is 198 g/mol. The molecule has 0 aromatic heterocycles. The average Bonchev–Trinajstić information content (AvgIpc) is 2.68. The number of hydrogen-bond acceptors (Lipinski definition) is 3. The fourth-order valence-electron chi connectivity index (χ4n) is 1.52. The van der Waals surface area contributed by atoms with E-state index in [1.54, 1.807) is 0 Å². The summed E-state index contributed by atoms with van der Waals surface area (Å²) >= 11 is 1.96. The summed E-state index contributed by atoms with van der Waals surface area (Å²) in [5.41, 5.74) is 0. The van der Waals surface area contributed by atoms with Crippen molar-refractivity contribution in [2.75, 3.05) is 18.9 Å². The number of hydrogen-bond donors (Lipinski definition) is 2. The van der Waals surface area contributed by atoms with E-state index in [1.165, 1.54) is 18.6 Å². The molecule has 1 saturated heterocycles. The molecule has 1 heterocycles. The Hall–Kier alpha value is -0.220. The summed E-state index contributed by atoms with van der Waals surface area (Å²) < 4.78 is 0. The van der Waals surface area contributed by atoms with E-state index in [-0.39, 0.29) is 12.5 Å². The molecule has 4 heteroatoms.